The highest BCUT2D eigenvalue weighted by Crippen LogP contribution is 2.21. The summed E-state index contributed by atoms with van der Waals surface area (Å²) in [6, 6.07) is 15.0. The lowest BCUT2D eigenvalue weighted by Gasteiger charge is -2.15. The summed E-state index contributed by atoms with van der Waals surface area (Å²) in [6.07, 6.45) is 0.745. The van der Waals surface area contributed by atoms with Crippen molar-refractivity contribution in [1.82, 2.24) is 5.32 Å². The summed E-state index contributed by atoms with van der Waals surface area (Å²) < 4.78 is 0. The summed E-state index contributed by atoms with van der Waals surface area (Å²) in [6.45, 7) is 0.207. The van der Waals surface area contributed by atoms with Crippen LogP contribution in [0, 0.1) is 0 Å². The van der Waals surface area contributed by atoms with Gasteiger partial charge in [-0.05, 0) is 35.9 Å². The SMILES string of the molecule is CNC(CCO)c1ccc2ccccc2c1. The number of benzene rings is 2. The summed E-state index contributed by atoms with van der Waals surface area (Å²) in [5.74, 6) is 0. The molecular weight excluding hydrogens is 198 g/mol. The molecule has 2 N–H and O–H groups in total. The minimum absolute atomic E-state index is 0.207. The average molecular weight is 215 g/mol. The zero-order valence-electron chi connectivity index (χ0n) is 9.48. The van der Waals surface area contributed by atoms with Crippen molar-refractivity contribution < 1.29 is 5.11 Å². The van der Waals surface area contributed by atoms with Crippen LogP contribution < -0.4 is 5.32 Å². The van der Waals surface area contributed by atoms with Gasteiger partial charge in [0.15, 0.2) is 0 Å². The molecule has 0 spiro atoms. The van der Waals surface area contributed by atoms with Crippen LogP contribution in [0.4, 0.5) is 0 Å². The minimum Gasteiger partial charge on any atom is -0.396 e. The molecule has 0 bridgehead atoms. The second-order valence-electron chi connectivity index (χ2n) is 3.96. The van der Waals surface area contributed by atoms with E-state index < -0.39 is 0 Å². The molecule has 0 heterocycles. The van der Waals surface area contributed by atoms with Gasteiger partial charge in [0.2, 0.25) is 0 Å². The number of aliphatic hydroxyl groups is 1. The number of aliphatic hydroxyl groups excluding tert-OH is 1. The first-order valence-corrected chi connectivity index (χ1v) is 5.62. The van der Waals surface area contributed by atoms with E-state index in [4.69, 9.17) is 5.11 Å². The smallest absolute Gasteiger partial charge is 0.0449 e. The molecule has 0 aliphatic heterocycles. The Kier molecular flexibility index (Phi) is 3.54. The lowest BCUT2D eigenvalue weighted by atomic mass is 10.0. The first-order chi connectivity index (χ1) is 7.85. The molecule has 1 atom stereocenters. The van der Waals surface area contributed by atoms with Gasteiger partial charge < -0.3 is 10.4 Å². The van der Waals surface area contributed by atoms with Crippen molar-refractivity contribution in [3.63, 3.8) is 0 Å². The molecule has 2 heteroatoms. The molecule has 84 valence electrons. The van der Waals surface area contributed by atoms with Crippen LogP contribution in [-0.4, -0.2) is 18.8 Å². The van der Waals surface area contributed by atoms with Crippen molar-refractivity contribution in [2.75, 3.05) is 13.7 Å². The van der Waals surface area contributed by atoms with Crippen LogP contribution in [0.3, 0.4) is 0 Å². The molecular formula is C14H17NO. The van der Waals surface area contributed by atoms with Gasteiger partial charge in [0.1, 0.15) is 0 Å². The summed E-state index contributed by atoms with van der Waals surface area (Å²) in [4.78, 5) is 0. The predicted molar refractivity (Wildman–Crippen MR) is 67.5 cm³/mol. The van der Waals surface area contributed by atoms with Gasteiger partial charge in [-0.1, -0.05) is 36.4 Å². The lowest BCUT2D eigenvalue weighted by Crippen LogP contribution is -2.17. The molecule has 2 nitrogen and oxygen atoms in total. The van der Waals surface area contributed by atoms with E-state index >= 15 is 0 Å². The van der Waals surface area contributed by atoms with Gasteiger partial charge in [-0.2, -0.15) is 0 Å². The third-order valence-electron chi connectivity index (χ3n) is 2.94. The highest BCUT2D eigenvalue weighted by molar-refractivity contribution is 5.83. The molecule has 0 fully saturated rings. The fourth-order valence-electron chi connectivity index (χ4n) is 2.03. The Morgan fingerprint density at radius 2 is 1.88 bits per heavy atom. The first-order valence-electron chi connectivity index (χ1n) is 5.62. The quantitative estimate of drug-likeness (QED) is 0.821. The van der Waals surface area contributed by atoms with E-state index in [-0.39, 0.29) is 12.6 Å². The third kappa shape index (κ3) is 2.23. The standard InChI is InChI=1S/C14H17NO/c1-15-14(8-9-16)13-7-6-11-4-2-3-5-12(11)10-13/h2-7,10,14-16H,8-9H2,1H3. The van der Waals surface area contributed by atoms with Gasteiger partial charge in [-0.25, -0.2) is 0 Å². The third-order valence-corrected chi connectivity index (χ3v) is 2.94. The van der Waals surface area contributed by atoms with Gasteiger partial charge in [-0.3, -0.25) is 0 Å². The van der Waals surface area contributed by atoms with Crippen molar-refractivity contribution >= 4 is 10.8 Å². The highest BCUT2D eigenvalue weighted by Gasteiger charge is 2.08. The monoisotopic (exact) mass is 215 g/mol. The van der Waals surface area contributed by atoms with Crippen molar-refractivity contribution in [2.45, 2.75) is 12.5 Å². The Hall–Kier alpha value is -1.38. The molecule has 2 aromatic rings. The molecule has 2 aromatic carbocycles. The van der Waals surface area contributed by atoms with Crippen LogP contribution in [0.1, 0.15) is 18.0 Å². The van der Waals surface area contributed by atoms with Crippen LogP contribution in [0.2, 0.25) is 0 Å². The molecule has 0 aliphatic carbocycles. The Morgan fingerprint density at radius 3 is 2.56 bits per heavy atom. The van der Waals surface area contributed by atoms with Crippen LogP contribution in [-0.2, 0) is 0 Å². The Bertz CT molecular complexity index is 467. The molecule has 0 aliphatic rings. The topological polar surface area (TPSA) is 32.3 Å². The fraction of sp³-hybridized carbons (Fsp3) is 0.286. The number of fused-ring (bicyclic) bond motifs is 1. The van der Waals surface area contributed by atoms with E-state index in [9.17, 15) is 0 Å². The number of hydrogen-bond donors (Lipinski definition) is 2. The Labute approximate surface area is 95.9 Å². The predicted octanol–water partition coefficient (Wildman–Crippen LogP) is 2.48. The van der Waals surface area contributed by atoms with E-state index in [0.29, 0.717) is 0 Å². The fourth-order valence-corrected chi connectivity index (χ4v) is 2.03. The van der Waals surface area contributed by atoms with Crippen LogP contribution in [0.25, 0.3) is 10.8 Å². The summed E-state index contributed by atoms with van der Waals surface area (Å²) >= 11 is 0. The van der Waals surface area contributed by atoms with Gasteiger partial charge in [0, 0.05) is 12.6 Å². The normalized spacial score (nSPS) is 12.9. The van der Waals surface area contributed by atoms with Gasteiger partial charge >= 0.3 is 0 Å². The molecule has 0 aromatic heterocycles. The maximum absolute atomic E-state index is 9.00. The van der Waals surface area contributed by atoms with Gasteiger partial charge in [0.25, 0.3) is 0 Å². The molecule has 0 saturated heterocycles. The molecule has 0 amide bonds. The van der Waals surface area contributed by atoms with E-state index in [1.165, 1.54) is 16.3 Å². The van der Waals surface area contributed by atoms with E-state index in [1.807, 2.05) is 19.2 Å². The van der Waals surface area contributed by atoms with E-state index in [1.54, 1.807) is 0 Å². The van der Waals surface area contributed by atoms with Crippen molar-refractivity contribution in [3.8, 4) is 0 Å². The number of hydrogen-bond acceptors (Lipinski definition) is 2. The highest BCUT2D eigenvalue weighted by atomic mass is 16.3. The lowest BCUT2D eigenvalue weighted by molar-refractivity contribution is 0.269. The number of rotatable bonds is 4. The average Bonchev–Trinajstić information content (AvgIpc) is 2.35. The summed E-state index contributed by atoms with van der Waals surface area (Å²) in [5.41, 5.74) is 1.23. The summed E-state index contributed by atoms with van der Waals surface area (Å²) in [7, 11) is 1.93. The molecule has 16 heavy (non-hydrogen) atoms. The minimum atomic E-state index is 0.207. The molecule has 2 rings (SSSR count). The summed E-state index contributed by atoms with van der Waals surface area (Å²) in [5, 5.41) is 14.7. The van der Waals surface area contributed by atoms with Crippen LogP contribution in [0.5, 0.6) is 0 Å². The molecule has 1 unspecified atom stereocenters. The van der Waals surface area contributed by atoms with Crippen molar-refractivity contribution in [3.05, 3.63) is 48.0 Å². The van der Waals surface area contributed by atoms with Crippen molar-refractivity contribution in [2.24, 2.45) is 0 Å². The maximum Gasteiger partial charge on any atom is 0.0449 e. The zero-order valence-corrected chi connectivity index (χ0v) is 9.48. The van der Waals surface area contributed by atoms with Crippen molar-refractivity contribution in [1.29, 1.82) is 0 Å². The Balaban J connectivity index is 2.37. The van der Waals surface area contributed by atoms with E-state index in [0.717, 1.165) is 6.42 Å². The Morgan fingerprint density at radius 1 is 1.12 bits per heavy atom. The second-order valence-corrected chi connectivity index (χ2v) is 3.96. The molecule has 0 saturated carbocycles. The zero-order chi connectivity index (χ0) is 11.4. The van der Waals surface area contributed by atoms with Gasteiger partial charge in [-0.15, -0.1) is 0 Å². The van der Waals surface area contributed by atoms with E-state index in [2.05, 4.69) is 35.6 Å². The maximum atomic E-state index is 9.00. The van der Waals surface area contributed by atoms with Crippen LogP contribution >= 0.6 is 0 Å². The van der Waals surface area contributed by atoms with Gasteiger partial charge in [0.05, 0.1) is 0 Å². The largest absolute Gasteiger partial charge is 0.396 e. The number of nitrogens with one attached hydrogen (secondary N) is 1. The first kappa shape index (κ1) is 11.1. The second kappa shape index (κ2) is 5.10. The van der Waals surface area contributed by atoms with Crippen LogP contribution in [0.15, 0.2) is 42.5 Å². The molecule has 0 radical (unpaired) electrons.